The standard InChI is InChI=1S/C18H23FN4O3/c1-13(26-16-8-4-3-7-15(16)19)10-22-18(20-2)23-12-17(24)21-11-14-6-5-9-25-14/h3-9,13H,10-12H2,1-2H3,(H,21,24)(H2,20,22,23). The molecule has 0 aliphatic carbocycles. The summed E-state index contributed by atoms with van der Waals surface area (Å²) in [5.74, 6) is 0.722. The molecule has 1 heterocycles. The first kappa shape index (κ1) is 19.3. The lowest BCUT2D eigenvalue weighted by Gasteiger charge is -2.18. The minimum absolute atomic E-state index is 0.0585. The first-order valence-electron chi connectivity index (χ1n) is 8.23. The second-order valence-electron chi connectivity index (χ2n) is 5.52. The molecule has 7 nitrogen and oxygen atoms in total. The van der Waals surface area contributed by atoms with Gasteiger partial charge in [-0.3, -0.25) is 9.79 Å². The number of amides is 1. The number of ether oxygens (including phenoxy) is 1. The van der Waals surface area contributed by atoms with Gasteiger partial charge in [0, 0.05) is 7.05 Å². The molecule has 2 rings (SSSR count). The van der Waals surface area contributed by atoms with Gasteiger partial charge in [0.2, 0.25) is 5.91 Å². The summed E-state index contributed by atoms with van der Waals surface area (Å²) in [5.41, 5.74) is 0. The number of guanidine groups is 1. The quantitative estimate of drug-likeness (QED) is 0.491. The molecule has 1 aromatic carbocycles. The molecule has 0 bridgehead atoms. The summed E-state index contributed by atoms with van der Waals surface area (Å²) in [4.78, 5) is 15.8. The first-order valence-corrected chi connectivity index (χ1v) is 8.23. The van der Waals surface area contributed by atoms with Gasteiger partial charge in [0.1, 0.15) is 11.9 Å². The number of nitrogens with one attached hydrogen (secondary N) is 3. The van der Waals surface area contributed by atoms with Crippen LogP contribution in [0, 0.1) is 5.82 Å². The predicted octanol–water partition coefficient (Wildman–Crippen LogP) is 1.67. The Morgan fingerprint density at radius 3 is 2.73 bits per heavy atom. The zero-order chi connectivity index (χ0) is 18.8. The Hall–Kier alpha value is -3.03. The number of rotatable bonds is 8. The molecule has 1 unspecified atom stereocenters. The summed E-state index contributed by atoms with van der Waals surface area (Å²) in [6.07, 6.45) is 1.26. The van der Waals surface area contributed by atoms with Crippen LogP contribution in [-0.4, -0.2) is 38.1 Å². The lowest BCUT2D eigenvalue weighted by molar-refractivity contribution is -0.120. The smallest absolute Gasteiger partial charge is 0.239 e. The van der Waals surface area contributed by atoms with Gasteiger partial charge in [-0.05, 0) is 31.2 Å². The third kappa shape index (κ3) is 6.46. The predicted molar refractivity (Wildman–Crippen MR) is 96.4 cm³/mol. The maximum atomic E-state index is 13.6. The van der Waals surface area contributed by atoms with E-state index in [9.17, 15) is 9.18 Å². The molecule has 8 heteroatoms. The Bertz CT molecular complexity index is 719. The van der Waals surface area contributed by atoms with Crippen molar-refractivity contribution in [2.45, 2.75) is 19.6 Å². The van der Waals surface area contributed by atoms with Crippen LogP contribution in [-0.2, 0) is 11.3 Å². The van der Waals surface area contributed by atoms with Crippen molar-refractivity contribution in [2.24, 2.45) is 4.99 Å². The zero-order valence-corrected chi connectivity index (χ0v) is 14.8. The van der Waals surface area contributed by atoms with Crippen molar-refractivity contribution in [3.63, 3.8) is 0 Å². The zero-order valence-electron chi connectivity index (χ0n) is 14.8. The molecular formula is C18H23FN4O3. The second kappa shape index (κ2) is 10.1. The van der Waals surface area contributed by atoms with E-state index in [1.807, 2.05) is 6.92 Å². The summed E-state index contributed by atoms with van der Waals surface area (Å²) < 4.78 is 24.2. The van der Waals surface area contributed by atoms with Crippen LogP contribution in [0.25, 0.3) is 0 Å². The van der Waals surface area contributed by atoms with Crippen LogP contribution >= 0.6 is 0 Å². The minimum atomic E-state index is -0.407. The molecule has 0 aliphatic heterocycles. The van der Waals surface area contributed by atoms with Gasteiger partial charge in [0.05, 0.1) is 25.9 Å². The van der Waals surface area contributed by atoms with Crippen molar-refractivity contribution in [1.82, 2.24) is 16.0 Å². The minimum Gasteiger partial charge on any atom is -0.486 e. The van der Waals surface area contributed by atoms with Crippen LogP contribution < -0.4 is 20.7 Å². The Morgan fingerprint density at radius 1 is 1.23 bits per heavy atom. The van der Waals surface area contributed by atoms with Crippen LogP contribution in [0.2, 0.25) is 0 Å². The number of carbonyl (C=O) groups is 1. The van der Waals surface area contributed by atoms with E-state index in [4.69, 9.17) is 9.15 Å². The molecule has 0 saturated heterocycles. The molecule has 26 heavy (non-hydrogen) atoms. The van der Waals surface area contributed by atoms with E-state index in [2.05, 4.69) is 20.9 Å². The number of benzene rings is 1. The molecular weight excluding hydrogens is 339 g/mol. The Kier molecular flexibility index (Phi) is 7.48. The topological polar surface area (TPSA) is 87.9 Å². The molecule has 3 N–H and O–H groups in total. The lowest BCUT2D eigenvalue weighted by Crippen LogP contribution is -2.45. The van der Waals surface area contributed by atoms with E-state index in [-0.39, 0.29) is 24.3 Å². The summed E-state index contributed by atoms with van der Waals surface area (Å²) in [6.45, 7) is 2.58. The van der Waals surface area contributed by atoms with Crippen molar-refractivity contribution in [2.75, 3.05) is 20.1 Å². The number of hydrogen-bond acceptors (Lipinski definition) is 4. The molecule has 0 fully saturated rings. The highest BCUT2D eigenvalue weighted by atomic mass is 19.1. The molecule has 0 aliphatic rings. The number of halogens is 1. The van der Waals surface area contributed by atoms with E-state index in [0.717, 1.165) is 0 Å². The van der Waals surface area contributed by atoms with Crippen molar-refractivity contribution in [3.05, 3.63) is 54.2 Å². The van der Waals surface area contributed by atoms with Crippen molar-refractivity contribution in [1.29, 1.82) is 0 Å². The van der Waals surface area contributed by atoms with E-state index in [0.29, 0.717) is 24.8 Å². The lowest BCUT2D eigenvalue weighted by atomic mass is 10.3. The number of carbonyl (C=O) groups excluding carboxylic acids is 1. The van der Waals surface area contributed by atoms with Crippen LogP contribution in [0.4, 0.5) is 4.39 Å². The van der Waals surface area contributed by atoms with Crippen LogP contribution in [0.15, 0.2) is 52.1 Å². The molecule has 140 valence electrons. The third-order valence-corrected chi connectivity index (χ3v) is 3.40. The highest BCUT2D eigenvalue weighted by molar-refractivity contribution is 5.86. The van der Waals surface area contributed by atoms with E-state index < -0.39 is 5.82 Å². The Morgan fingerprint density at radius 2 is 2.04 bits per heavy atom. The fourth-order valence-electron chi connectivity index (χ4n) is 2.09. The maximum Gasteiger partial charge on any atom is 0.239 e. The monoisotopic (exact) mass is 362 g/mol. The Balaban J connectivity index is 1.68. The van der Waals surface area contributed by atoms with Crippen LogP contribution in [0.1, 0.15) is 12.7 Å². The summed E-state index contributed by atoms with van der Waals surface area (Å²) in [7, 11) is 1.60. The third-order valence-electron chi connectivity index (χ3n) is 3.40. The SMILES string of the molecule is CN=C(NCC(=O)NCc1ccco1)NCC(C)Oc1ccccc1F. The maximum absolute atomic E-state index is 13.6. The average molecular weight is 362 g/mol. The molecule has 1 atom stereocenters. The summed E-state index contributed by atoms with van der Waals surface area (Å²) in [5, 5.41) is 8.65. The highest BCUT2D eigenvalue weighted by Crippen LogP contribution is 2.16. The molecule has 1 aromatic heterocycles. The molecule has 2 aromatic rings. The number of aliphatic imine (C=N–C) groups is 1. The summed E-state index contributed by atoms with van der Waals surface area (Å²) in [6, 6.07) is 9.77. The highest BCUT2D eigenvalue weighted by Gasteiger charge is 2.09. The largest absolute Gasteiger partial charge is 0.486 e. The molecule has 0 radical (unpaired) electrons. The molecule has 0 saturated carbocycles. The summed E-state index contributed by atoms with van der Waals surface area (Å²) >= 11 is 0. The number of hydrogen-bond donors (Lipinski definition) is 3. The van der Waals surface area contributed by atoms with Crippen molar-refractivity contribution in [3.8, 4) is 5.75 Å². The van der Waals surface area contributed by atoms with Gasteiger partial charge < -0.3 is 25.1 Å². The van der Waals surface area contributed by atoms with Crippen LogP contribution in [0.3, 0.4) is 0 Å². The Labute approximate surface area is 151 Å². The fraction of sp³-hybridized carbons (Fsp3) is 0.333. The van der Waals surface area contributed by atoms with Crippen molar-refractivity contribution < 1.29 is 18.3 Å². The number of furan rings is 1. The fourth-order valence-corrected chi connectivity index (χ4v) is 2.09. The van der Waals surface area contributed by atoms with Gasteiger partial charge in [-0.25, -0.2) is 4.39 Å². The average Bonchev–Trinajstić information content (AvgIpc) is 3.15. The van der Waals surface area contributed by atoms with Gasteiger partial charge in [-0.2, -0.15) is 0 Å². The molecule has 0 spiro atoms. The van der Waals surface area contributed by atoms with Gasteiger partial charge in [-0.15, -0.1) is 0 Å². The van der Waals surface area contributed by atoms with Gasteiger partial charge in [-0.1, -0.05) is 12.1 Å². The van der Waals surface area contributed by atoms with Gasteiger partial charge >= 0.3 is 0 Å². The van der Waals surface area contributed by atoms with E-state index in [1.54, 1.807) is 43.6 Å². The second-order valence-corrected chi connectivity index (χ2v) is 5.52. The van der Waals surface area contributed by atoms with E-state index in [1.165, 1.54) is 6.07 Å². The van der Waals surface area contributed by atoms with Crippen LogP contribution in [0.5, 0.6) is 5.75 Å². The molecule has 1 amide bonds. The van der Waals surface area contributed by atoms with E-state index >= 15 is 0 Å². The van der Waals surface area contributed by atoms with Crippen molar-refractivity contribution >= 4 is 11.9 Å². The number of para-hydroxylation sites is 1. The van der Waals surface area contributed by atoms with Gasteiger partial charge in [0.15, 0.2) is 17.5 Å². The van der Waals surface area contributed by atoms with Gasteiger partial charge in [0.25, 0.3) is 0 Å². The first-order chi connectivity index (χ1) is 12.6. The normalized spacial score (nSPS) is 12.3. The number of nitrogens with zero attached hydrogens (tertiary/aromatic N) is 1.